The second kappa shape index (κ2) is 12.9. The smallest absolute Gasteiger partial charge is 0.316 e. The quantitative estimate of drug-likeness (QED) is 0.172. The van der Waals surface area contributed by atoms with Gasteiger partial charge in [0.2, 0.25) is 0 Å². The van der Waals surface area contributed by atoms with E-state index in [2.05, 4.69) is 41.5 Å². The molecule has 4 aromatic rings. The molecule has 0 aliphatic rings. The molecule has 0 aliphatic heterocycles. The molecule has 0 radical (unpaired) electrons. The van der Waals surface area contributed by atoms with Crippen LogP contribution in [0, 0.1) is 12.7 Å². The third kappa shape index (κ3) is 7.08. The van der Waals surface area contributed by atoms with Gasteiger partial charge in [0, 0.05) is 18.1 Å². The molecule has 7 heteroatoms. The average Bonchev–Trinajstić information content (AvgIpc) is 2.88. The summed E-state index contributed by atoms with van der Waals surface area (Å²) < 4.78 is 30.4. The van der Waals surface area contributed by atoms with Crippen molar-refractivity contribution in [2.24, 2.45) is 0 Å². The fraction of sp³-hybridized carbons (Fsp3) is 0.276. The lowest BCUT2D eigenvalue weighted by Crippen LogP contribution is -2.16. The van der Waals surface area contributed by atoms with Gasteiger partial charge in [-0.2, -0.15) is 0 Å². The molecule has 1 aromatic heterocycles. The van der Waals surface area contributed by atoms with Gasteiger partial charge in [0.25, 0.3) is 0 Å². The first kappa shape index (κ1) is 26.2. The van der Waals surface area contributed by atoms with E-state index in [1.165, 1.54) is 11.1 Å². The lowest BCUT2D eigenvalue weighted by Gasteiger charge is -2.13. The second-order valence-electron chi connectivity index (χ2n) is 8.96. The first-order chi connectivity index (χ1) is 17.5. The van der Waals surface area contributed by atoms with E-state index in [1.807, 2.05) is 36.4 Å². The zero-order valence-electron chi connectivity index (χ0n) is 20.5. The van der Waals surface area contributed by atoms with Gasteiger partial charge < -0.3 is 14.7 Å². The minimum atomic E-state index is -2.87. The molecule has 0 amide bonds. The number of fused-ring (bicyclic) bond motifs is 1. The SMILES string of the molecule is Cc1ccc(CCCc2ccc(-c3ccc(CNCCCO[PH](=O)O)c4ncccc34)cc2F)cc1. The van der Waals surface area contributed by atoms with Crippen LogP contribution in [0.15, 0.2) is 72.9 Å². The van der Waals surface area contributed by atoms with E-state index in [9.17, 15) is 4.57 Å². The van der Waals surface area contributed by atoms with E-state index < -0.39 is 8.25 Å². The summed E-state index contributed by atoms with van der Waals surface area (Å²) in [6.45, 7) is 3.58. The number of aromatic nitrogens is 1. The van der Waals surface area contributed by atoms with Gasteiger partial charge in [-0.3, -0.25) is 9.55 Å². The molecule has 0 saturated carbocycles. The Morgan fingerprint density at radius 3 is 2.58 bits per heavy atom. The third-order valence-corrected chi connectivity index (χ3v) is 6.74. The molecule has 0 aliphatic carbocycles. The Balaban J connectivity index is 1.43. The molecule has 0 saturated heterocycles. The van der Waals surface area contributed by atoms with E-state index >= 15 is 4.39 Å². The Hall–Kier alpha value is -2.89. The van der Waals surface area contributed by atoms with Gasteiger partial charge >= 0.3 is 8.25 Å². The Morgan fingerprint density at radius 1 is 1.00 bits per heavy atom. The highest BCUT2D eigenvalue weighted by atomic mass is 31.1. The molecule has 0 bridgehead atoms. The molecular formula is C29H32FN2O3P. The number of benzene rings is 3. The zero-order valence-corrected chi connectivity index (χ0v) is 21.5. The Kier molecular flexibility index (Phi) is 9.37. The maximum atomic E-state index is 15.0. The molecule has 1 unspecified atom stereocenters. The van der Waals surface area contributed by atoms with Gasteiger partial charge in [0.05, 0.1) is 12.1 Å². The van der Waals surface area contributed by atoms with Crippen LogP contribution in [0.1, 0.15) is 35.1 Å². The zero-order chi connectivity index (χ0) is 25.3. The molecule has 188 valence electrons. The van der Waals surface area contributed by atoms with Gasteiger partial charge in [-0.15, -0.1) is 0 Å². The summed E-state index contributed by atoms with van der Waals surface area (Å²) in [5.74, 6) is -0.174. The topological polar surface area (TPSA) is 71.5 Å². The molecule has 1 heterocycles. The fourth-order valence-corrected chi connectivity index (χ4v) is 4.68. The standard InChI is InChI=1S/C29H32FN2O3P/c1-21-8-10-22(11-9-21)5-2-6-23-12-13-24(19-28(23)30)26-15-14-25(29-27(26)7-3-17-32-29)20-31-16-4-18-35-36(33)34/h3,7-15,17,19,31,36H,2,4-6,16,18,20H2,1H3,(H,33,34). The molecule has 0 fully saturated rings. The highest BCUT2D eigenvalue weighted by molar-refractivity contribution is 7.32. The average molecular weight is 507 g/mol. The van der Waals surface area contributed by atoms with Crippen LogP contribution in [-0.2, 0) is 28.5 Å². The second-order valence-corrected chi connectivity index (χ2v) is 9.78. The maximum absolute atomic E-state index is 15.0. The molecule has 2 N–H and O–H groups in total. The van der Waals surface area contributed by atoms with Crippen LogP contribution in [0.3, 0.4) is 0 Å². The number of hydrogen-bond acceptors (Lipinski definition) is 4. The van der Waals surface area contributed by atoms with E-state index in [-0.39, 0.29) is 12.4 Å². The van der Waals surface area contributed by atoms with Crippen molar-refractivity contribution in [1.82, 2.24) is 10.3 Å². The predicted octanol–water partition coefficient (Wildman–Crippen LogP) is 6.40. The number of nitrogens with one attached hydrogen (secondary N) is 1. The van der Waals surface area contributed by atoms with Gasteiger partial charge in [-0.25, -0.2) is 4.39 Å². The van der Waals surface area contributed by atoms with Crippen LogP contribution in [-0.4, -0.2) is 23.0 Å². The minimum absolute atomic E-state index is 0.174. The van der Waals surface area contributed by atoms with Crippen LogP contribution in [0.4, 0.5) is 4.39 Å². The third-order valence-electron chi connectivity index (χ3n) is 6.29. The van der Waals surface area contributed by atoms with Crippen molar-refractivity contribution in [1.29, 1.82) is 0 Å². The maximum Gasteiger partial charge on any atom is 0.316 e. The molecule has 4 rings (SSSR count). The summed E-state index contributed by atoms with van der Waals surface area (Å²) in [6, 6.07) is 22.0. The van der Waals surface area contributed by atoms with Gasteiger partial charge in [0.1, 0.15) is 5.82 Å². The summed E-state index contributed by atoms with van der Waals surface area (Å²) in [4.78, 5) is 13.3. The van der Waals surface area contributed by atoms with Crippen molar-refractivity contribution in [3.8, 4) is 11.1 Å². The molecule has 0 spiro atoms. The number of nitrogens with zero attached hydrogens (tertiary/aromatic N) is 1. The van der Waals surface area contributed by atoms with Crippen molar-refractivity contribution in [2.45, 2.75) is 39.2 Å². The number of halogens is 1. The van der Waals surface area contributed by atoms with Gasteiger partial charge in [-0.05, 0) is 79.1 Å². The Morgan fingerprint density at radius 2 is 1.81 bits per heavy atom. The largest absolute Gasteiger partial charge is 0.326 e. The van der Waals surface area contributed by atoms with Crippen molar-refractivity contribution in [3.05, 3.63) is 101 Å². The first-order valence-electron chi connectivity index (χ1n) is 12.3. The normalized spacial score (nSPS) is 12.2. The predicted molar refractivity (Wildman–Crippen MR) is 144 cm³/mol. The van der Waals surface area contributed by atoms with Crippen LogP contribution in [0.25, 0.3) is 22.0 Å². The molecule has 5 nitrogen and oxygen atoms in total. The monoisotopic (exact) mass is 506 g/mol. The molecular weight excluding hydrogens is 474 g/mol. The summed E-state index contributed by atoms with van der Waals surface area (Å²) in [7, 11) is -2.87. The Bertz CT molecular complexity index is 1330. The molecule has 3 aromatic carbocycles. The molecule has 36 heavy (non-hydrogen) atoms. The number of rotatable bonds is 12. The van der Waals surface area contributed by atoms with Crippen LogP contribution < -0.4 is 5.32 Å². The van der Waals surface area contributed by atoms with Crippen LogP contribution >= 0.6 is 8.25 Å². The van der Waals surface area contributed by atoms with Crippen molar-refractivity contribution < 1.29 is 18.4 Å². The minimum Gasteiger partial charge on any atom is -0.326 e. The van der Waals surface area contributed by atoms with Crippen LogP contribution in [0.2, 0.25) is 0 Å². The Labute approximate surface area is 212 Å². The van der Waals surface area contributed by atoms with E-state index in [0.29, 0.717) is 25.9 Å². The van der Waals surface area contributed by atoms with Gasteiger partial charge in [-0.1, -0.05) is 60.2 Å². The summed E-state index contributed by atoms with van der Waals surface area (Å²) in [6.07, 6.45) is 4.94. The molecule has 1 atom stereocenters. The number of pyridine rings is 1. The van der Waals surface area contributed by atoms with E-state index in [4.69, 9.17) is 9.42 Å². The lowest BCUT2D eigenvalue weighted by atomic mass is 9.95. The first-order valence-corrected chi connectivity index (χ1v) is 13.5. The number of aryl methyl sites for hydroxylation is 3. The summed E-state index contributed by atoms with van der Waals surface area (Å²) in [5, 5.41) is 4.30. The summed E-state index contributed by atoms with van der Waals surface area (Å²) >= 11 is 0. The van der Waals surface area contributed by atoms with Crippen molar-refractivity contribution in [3.63, 3.8) is 0 Å². The van der Waals surface area contributed by atoms with Gasteiger partial charge in [0.15, 0.2) is 0 Å². The van der Waals surface area contributed by atoms with E-state index in [1.54, 1.807) is 12.3 Å². The summed E-state index contributed by atoms with van der Waals surface area (Å²) in [5.41, 5.74) is 6.97. The van der Waals surface area contributed by atoms with Crippen LogP contribution in [0.5, 0.6) is 0 Å². The van der Waals surface area contributed by atoms with Crippen molar-refractivity contribution in [2.75, 3.05) is 13.2 Å². The lowest BCUT2D eigenvalue weighted by molar-refractivity contribution is 0.276. The van der Waals surface area contributed by atoms with Crippen molar-refractivity contribution >= 4 is 19.2 Å². The number of hydrogen-bond donors (Lipinski definition) is 2. The van der Waals surface area contributed by atoms with E-state index in [0.717, 1.165) is 46.0 Å². The fourth-order valence-electron chi connectivity index (χ4n) is 4.36. The highest BCUT2D eigenvalue weighted by Crippen LogP contribution is 2.31. The highest BCUT2D eigenvalue weighted by Gasteiger charge is 2.11.